The maximum absolute atomic E-state index is 11.9. The van der Waals surface area contributed by atoms with E-state index >= 15 is 0 Å². The first-order valence-corrected chi connectivity index (χ1v) is 5.82. The molecule has 3 heteroatoms. The summed E-state index contributed by atoms with van der Waals surface area (Å²) in [5.74, 6) is 0.208. The smallest absolute Gasteiger partial charge is 0.309 e. The van der Waals surface area contributed by atoms with Gasteiger partial charge in [0.05, 0.1) is 12.5 Å². The summed E-state index contributed by atoms with van der Waals surface area (Å²) in [6.45, 7) is 2.55. The van der Waals surface area contributed by atoms with Gasteiger partial charge >= 0.3 is 5.97 Å². The quantitative estimate of drug-likeness (QED) is 0.655. The van der Waals surface area contributed by atoms with Gasteiger partial charge in [-0.05, 0) is 25.7 Å². The summed E-state index contributed by atoms with van der Waals surface area (Å²) in [5.41, 5.74) is -0.258. The van der Waals surface area contributed by atoms with Gasteiger partial charge in [-0.3, -0.25) is 9.59 Å². The Balaban J connectivity index is 2.02. The van der Waals surface area contributed by atoms with Gasteiger partial charge < -0.3 is 4.74 Å². The van der Waals surface area contributed by atoms with Gasteiger partial charge in [0, 0.05) is 11.8 Å². The standard InChI is InChI=1S/C12H18O3/c1-12(6-3-2-4-10(12)13)8-9-5-7-15-11(9)14/h9H,2-8H2,1H3/t9-,12+/m0/s1. The van der Waals surface area contributed by atoms with Crippen LogP contribution in [0.3, 0.4) is 0 Å². The second-order valence-electron chi connectivity index (χ2n) is 5.05. The van der Waals surface area contributed by atoms with Crippen molar-refractivity contribution in [3.8, 4) is 0 Å². The highest BCUT2D eigenvalue weighted by Crippen LogP contribution is 2.40. The molecular weight excluding hydrogens is 192 g/mol. The van der Waals surface area contributed by atoms with Crippen LogP contribution in [0, 0.1) is 11.3 Å². The van der Waals surface area contributed by atoms with E-state index in [1.165, 1.54) is 0 Å². The second kappa shape index (κ2) is 3.95. The number of rotatable bonds is 2. The molecule has 0 N–H and O–H groups in total. The first kappa shape index (κ1) is 10.7. The monoisotopic (exact) mass is 210 g/mol. The van der Waals surface area contributed by atoms with E-state index in [-0.39, 0.29) is 17.3 Å². The summed E-state index contributed by atoms with van der Waals surface area (Å²) < 4.78 is 4.94. The third-order valence-corrected chi connectivity index (χ3v) is 3.80. The zero-order chi connectivity index (χ0) is 10.9. The molecule has 0 radical (unpaired) electrons. The van der Waals surface area contributed by atoms with Crippen LogP contribution in [0.25, 0.3) is 0 Å². The van der Waals surface area contributed by atoms with E-state index in [4.69, 9.17) is 4.74 Å². The van der Waals surface area contributed by atoms with Crippen molar-refractivity contribution >= 4 is 11.8 Å². The third kappa shape index (κ3) is 2.06. The van der Waals surface area contributed by atoms with Gasteiger partial charge in [-0.25, -0.2) is 0 Å². The van der Waals surface area contributed by atoms with Crippen LogP contribution < -0.4 is 0 Å². The number of ether oxygens (including phenoxy) is 1. The lowest BCUT2D eigenvalue weighted by atomic mass is 9.69. The van der Waals surface area contributed by atoms with Crippen molar-refractivity contribution in [2.75, 3.05) is 6.61 Å². The molecule has 0 unspecified atom stereocenters. The summed E-state index contributed by atoms with van der Waals surface area (Å²) in [5, 5.41) is 0. The predicted octanol–water partition coefficient (Wildman–Crippen LogP) is 2.09. The van der Waals surface area contributed by atoms with Gasteiger partial charge in [0.1, 0.15) is 5.78 Å². The fourth-order valence-electron chi connectivity index (χ4n) is 2.72. The Hall–Kier alpha value is -0.860. The van der Waals surface area contributed by atoms with Crippen molar-refractivity contribution in [2.24, 2.45) is 11.3 Å². The van der Waals surface area contributed by atoms with Gasteiger partial charge in [0.15, 0.2) is 0 Å². The molecule has 2 fully saturated rings. The molecule has 3 nitrogen and oxygen atoms in total. The van der Waals surface area contributed by atoms with Crippen LogP contribution in [-0.4, -0.2) is 18.4 Å². The average Bonchev–Trinajstić information content (AvgIpc) is 2.58. The minimum absolute atomic E-state index is 0.0305. The Bertz CT molecular complexity index is 285. The van der Waals surface area contributed by atoms with E-state index < -0.39 is 0 Å². The fraction of sp³-hybridized carbons (Fsp3) is 0.833. The lowest BCUT2D eigenvalue weighted by Crippen LogP contribution is -2.34. The number of Topliss-reactive ketones (excluding diaryl/α,β-unsaturated/α-hetero) is 1. The molecule has 0 amide bonds. The van der Waals surface area contributed by atoms with Crippen molar-refractivity contribution in [1.82, 2.24) is 0 Å². The number of carbonyl (C=O) groups is 2. The van der Waals surface area contributed by atoms with E-state index in [1.807, 2.05) is 6.92 Å². The summed E-state index contributed by atoms with van der Waals surface area (Å²) >= 11 is 0. The topological polar surface area (TPSA) is 43.4 Å². The van der Waals surface area contributed by atoms with E-state index in [1.54, 1.807) is 0 Å². The number of ketones is 1. The number of esters is 1. The Morgan fingerprint density at radius 1 is 1.40 bits per heavy atom. The number of cyclic esters (lactones) is 1. The summed E-state index contributed by atoms with van der Waals surface area (Å²) in [4.78, 5) is 23.2. The summed E-state index contributed by atoms with van der Waals surface area (Å²) in [7, 11) is 0. The molecule has 1 aliphatic heterocycles. The van der Waals surface area contributed by atoms with Crippen molar-refractivity contribution in [3.05, 3.63) is 0 Å². The molecule has 2 atom stereocenters. The lowest BCUT2D eigenvalue weighted by molar-refractivity contribution is -0.143. The van der Waals surface area contributed by atoms with Crippen LogP contribution in [-0.2, 0) is 14.3 Å². The highest BCUT2D eigenvalue weighted by atomic mass is 16.5. The van der Waals surface area contributed by atoms with E-state index in [0.717, 1.165) is 25.7 Å². The molecule has 2 aliphatic rings. The first-order valence-electron chi connectivity index (χ1n) is 5.82. The molecule has 0 spiro atoms. The van der Waals surface area contributed by atoms with Crippen molar-refractivity contribution in [3.63, 3.8) is 0 Å². The van der Waals surface area contributed by atoms with Crippen molar-refractivity contribution < 1.29 is 14.3 Å². The highest BCUT2D eigenvalue weighted by molar-refractivity contribution is 5.86. The Morgan fingerprint density at radius 2 is 2.20 bits per heavy atom. The van der Waals surface area contributed by atoms with Crippen LogP contribution in [0.5, 0.6) is 0 Å². The summed E-state index contributed by atoms with van der Waals surface area (Å²) in [6.07, 6.45) is 5.26. The van der Waals surface area contributed by atoms with Crippen LogP contribution in [0.15, 0.2) is 0 Å². The van der Waals surface area contributed by atoms with Crippen molar-refractivity contribution in [1.29, 1.82) is 0 Å². The van der Waals surface area contributed by atoms with E-state index in [0.29, 0.717) is 25.2 Å². The van der Waals surface area contributed by atoms with Gasteiger partial charge in [0.2, 0.25) is 0 Å². The Kier molecular flexibility index (Phi) is 2.81. The molecular formula is C12H18O3. The molecule has 0 aromatic heterocycles. The molecule has 2 rings (SSSR count). The largest absolute Gasteiger partial charge is 0.465 e. The minimum atomic E-state index is -0.258. The van der Waals surface area contributed by atoms with Crippen LogP contribution >= 0.6 is 0 Å². The molecule has 0 aromatic rings. The molecule has 1 saturated carbocycles. The zero-order valence-electron chi connectivity index (χ0n) is 9.25. The van der Waals surface area contributed by atoms with Gasteiger partial charge in [-0.2, -0.15) is 0 Å². The molecule has 0 aromatic carbocycles. The highest BCUT2D eigenvalue weighted by Gasteiger charge is 2.40. The predicted molar refractivity (Wildman–Crippen MR) is 55.3 cm³/mol. The zero-order valence-corrected chi connectivity index (χ0v) is 9.25. The van der Waals surface area contributed by atoms with Crippen LogP contribution in [0.1, 0.15) is 45.4 Å². The number of hydrogen-bond acceptors (Lipinski definition) is 3. The third-order valence-electron chi connectivity index (χ3n) is 3.80. The normalized spacial score (nSPS) is 36.7. The average molecular weight is 210 g/mol. The molecule has 1 heterocycles. The lowest BCUT2D eigenvalue weighted by Gasteiger charge is -2.33. The summed E-state index contributed by atoms with van der Waals surface area (Å²) in [6, 6.07) is 0. The molecule has 0 bridgehead atoms. The van der Waals surface area contributed by atoms with Gasteiger partial charge in [-0.15, -0.1) is 0 Å². The first-order chi connectivity index (χ1) is 7.12. The minimum Gasteiger partial charge on any atom is -0.465 e. The second-order valence-corrected chi connectivity index (χ2v) is 5.05. The Labute approximate surface area is 90.2 Å². The molecule has 1 saturated heterocycles. The van der Waals surface area contributed by atoms with E-state index in [2.05, 4.69) is 0 Å². The Morgan fingerprint density at radius 3 is 2.80 bits per heavy atom. The maximum Gasteiger partial charge on any atom is 0.309 e. The fourth-order valence-corrected chi connectivity index (χ4v) is 2.72. The number of carbonyl (C=O) groups excluding carboxylic acids is 2. The van der Waals surface area contributed by atoms with E-state index in [9.17, 15) is 9.59 Å². The van der Waals surface area contributed by atoms with Crippen LogP contribution in [0.2, 0.25) is 0 Å². The van der Waals surface area contributed by atoms with Crippen LogP contribution in [0.4, 0.5) is 0 Å². The maximum atomic E-state index is 11.9. The van der Waals surface area contributed by atoms with Gasteiger partial charge in [-0.1, -0.05) is 13.3 Å². The molecule has 84 valence electrons. The molecule has 1 aliphatic carbocycles. The van der Waals surface area contributed by atoms with Gasteiger partial charge in [0.25, 0.3) is 0 Å². The SMILES string of the molecule is C[C@]1(C[C@@H]2CCOC2=O)CCCCC1=O. The van der Waals surface area contributed by atoms with Crippen molar-refractivity contribution in [2.45, 2.75) is 45.4 Å². The molecule has 15 heavy (non-hydrogen) atoms. The number of hydrogen-bond donors (Lipinski definition) is 0.